The van der Waals surface area contributed by atoms with E-state index < -0.39 is 35.5 Å². The fourth-order valence-corrected chi connectivity index (χ4v) is 3.30. The Kier molecular flexibility index (Phi) is 3.57. The van der Waals surface area contributed by atoms with E-state index in [2.05, 4.69) is 10.3 Å². The lowest BCUT2D eigenvalue weighted by molar-refractivity contribution is -0.121. The molecular formula is C18H14F2N4O2. The molecule has 2 atom stereocenters. The maximum absolute atomic E-state index is 13.5. The van der Waals surface area contributed by atoms with Crippen LogP contribution in [0.4, 0.5) is 20.2 Å². The molecule has 0 unspecified atom stereocenters. The van der Waals surface area contributed by atoms with E-state index in [-0.39, 0.29) is 5.69 Å². The Hall–Kier alpha value is -3.16. The van der Waals surface area contributed by atoms with Gasteiger partial charge in [-0.15, -0.1) is 0 Å². The first-order valence-corrected chi connectivity index (χ1v) is 7.98. The number of carbonyl (C=O) groups is 2. The topological polar surface area (TPSA) is 65.3 Å². The molecule has 2 heterocycles. The zero-order valence-corrected chi connectivity index (χ0v) is 14.0. The van der Waals surface area contributed by atoms with Gasteiger partial charge in [-0.3, -0.25) is 9.59 Å². The van der Waals surface area contributed by atoms with Gasteiger partial charge < -0.3 is 0 Å². The quantitative estimate of drug-likeness (QED) is 0.777. The largest absolute Gasteiger partial charge is 0.271 e. The minimum absolute atomic E-state index is 0.0240. The van der Waals surface area contributed by atoms with Gasteiger partial charge in [0.2, 0.25) is 0 Å². The molecule has 26 heavy (non-hydrogen) atoms. The summed E-state index contributed by atoms with van der Waals surface area (Å²) in [6, 6.07) is 6.57. The summed E-state index contributed by atoms with van der Waals surface area (Å²) in [5, 5.41) is 9.35. The lowest BCUT2D eigenvalue weighted by Gasteiger charge is -2.22. The van der Waals surface area contributed by atoms with Crippen molar-refractivity contribution in [2.75, 3.05) is 9.91 Å². The molecule has 2 aromatic rings. The highest BCUT2D eigenvalue weighted by molar-refractivity contribution is 6.26. The van der Waals surface area contributed by atoms with Gasteiger partial charge in [0.15, 0.2) is 23.7 Å². The van der Waals surface area contributed by atoms with Gasteiger partial charge in [-0.05, 0) is 37.6 Å². The van der Waals surface area contributed by atoms with Crippen LogP contribution in [0.2, 0.25) is 0 Å². The smallest absolute Gasteiger partial charge is 0.263 e. The molecule has 0 aliphatic carbocycles. The van der Waals surface area contributed by atoms with Gasteiger partial charge in [0.25, 0.3) is 11.8 Å². The Balaban J connectivity index is 1.72. The molecule has 2 aliphatic heterocycles. The molecule has 8 heteroatoms. The number of aryl methyl sites for hydroxylation is 2. The predicted molar refractivity (Wildman–Crippen MR) is 89.7 cm³/mol. The van der Waals surface area contributed by atoms with Crippen molar-refractivity contribution in [3.8, 4) is 0 Å². The number of amides is 2. The number of fused-ring (bicyclic) bond motifs is 1. The highest BCUT2D eigenvalue weighted by Crippen LogP contribution is 2.36. The van der Waals surface area contributed by atoms with E-state index in [1.165, 1.54) is 11.1 Å². The molecule has 2 aliphatic rings. The number of benzene rings is 2. The van der Waals surface area contributed by atoms with E-state index >= 15 is 0 Å². The monoisotopic (exact) mass is 356 g/mol. The van der Waals surface area contributed by atoms with Crippen LogP contribution in [0.15, 0.2) is 46.7 Å². The van der Waals surface area contributed by atoms with Crippen LogP contribution < -0.4 is 9.91 Å². The summed E-state index contributed by atoms with van der Waals surface area (Å²) in [4.78, 5) is 26.3. The van der Waals surface area contributed by atoms with Gasteiger partial charge in [0, 0.05) is 6.07 Å². The van der Waals surface area contributed by atoms with Crippen molar-refractivity contribution in [3.05, 3.63) is 59.2 Å². The SMILES string of the molecule is Cc1ccc(N2N=N[C@H]3C(=O)N(c4ccc(F)c(F)c4)C(=O)[C@@H]32)c(C)c1. The normalized spacial score (nSPS) is 21.7. The third kappa shape index (κ3) is 2.29. The molecule has 1 saturated heterocycles. The lowest BCUT2D eigenvalue weighted by Crippen LogP contribution is -2.40. The van der Waals surface area contributed by atoms with Crippen molar-refractivity contribution in [1.29, 1.82) is 0 Å². The predicted octanol–water partition coefficient (Wildman–Crippen LogP) is 3.08. The van der Waals surface area contributed by atoms with Gasteiger partial charge in [-0.2, -0.15) is 5.11 Å². The zero-order chi connectivity index (χ0) is 18.6. The van der Waals surface area contributed by atoms with Gasteiger partial charge in [-0.25, -0.2) is 18.7 Å². The van der Waals surface area contributed by atoms with Crippen LogP contribution in [-0.4, -0.2) is 23.9 Å². The molecule has 0 bridgehead atoms. The van der Waals surface area contributed by atoms with Crippen LogP contribution >= 0.6 is 0 Å². The first-order valence-electron chi connectivity index (χ1n) is 7.98. The molecule has 0 N–H and O–H groups in total. The Bertz CT molecular complexity index is 976. The number of hydrogen-bond donors (Lipinski definition) is 0. The Labute approximate surface area is 147 Å². The van der Waals surface area contributed by atoms with Crippen molar-refractivity contribution in [2.24, 2.45) is 10.3 Å². The van der Waals surface area contributed by atoms with Gasteiger partial charge >= 0.3 is 0 Å². The lowest BCUT2D eigenvalue weighted by atomic mass is 10.1. The summed E-state index contributed by atoms with van der Waals surface area (Å²) < 4.78 is 26.7. The summed E-state index contributed by atoms with van der Waals surface area (Å²) in [7, 11) is 0. The molecule has 1 fully saturated rings. The molecule has 0 saturated carbocycles. The molecular weight excluding hydrogens is 342 g/mol. The standard InChI is InChI=1S/C18H14F2N4O2/c1-9-3-6-14(10(2)7-9)24-16-15(21-22-24)17(25)23(18(16)26)11-4-5-12(19)13(20)8-11/h3-8,15-16H,1-2H3/t15-,16-/m1/s1. The molecule has 0 spiro atoms. The summed E-state index contributed by atoms with van der Waals surface area (Å²) in [5.74, 6) is -3.37. The summed E-state index contributed by atoms with van der Waals surface area (Å²) >= 11 is 0. The summed E-state index contributed by atoms with van der Waals surface area (Å²) in [6.45, 7) is 3.82. The van der Waals surface area contributed by atoms with E-state index in [0.29, 0.717) is 5.69 Å². The zero-order valence-electron chi connectivity index (χ0n) is 14.0. The fourth-order valence-electron chi connectivity index (χ4n) is 3.30. The molecule has 0 radical (unpaired) electrons. The number of carbonyl (C=O) groups excluding carboxylic acids is 2. The van der Waals surface area contributed by atoms with E-state index in [1.54, 1.807) is 0 Å². The van der Waals surface area contributed by atoms with Crippen molar-refractivity contribution >= 4 is 23.2 Å². The number of anilines is 2. The average molecular weight is 356 g/mol. The van der Waals surface area contributed by atoms with Crippen LogP contribution in [0.25, 0.3) is 0 Å². The van der Waals surface area contributed by atoms with Gasteiger partial charge in [0.1, 0.15) is 0 Å². The van der Waals surface area contributed by atoms with Crippen molar-refractivity contribution in [1.82, 2.24) is 0 Å². The average Bonchev–Trinajstić information content (AvgIpc) is 3.12. The maximum Gasteiger partial charge on any atom is 0.263 e. The van der Waals surface area contributed by atoms with Crippen molar-refractivity contribution in [2.45, 2.75) is 25.9 Å². The van der Waals surface area contributed by atoms with Crippen molar-refractivity contribution in [3.63, 3.8) is 0 Å². The maximum atomic E-state index is 13.5. The second-order valence-electron chi connectivity index (χ2n) is 6.34. The highest BCUT2D eigenvalue weighted by atomic mass is 19.2. The van der Waals surface area contributed by atoms with Crippen LogP contribution in [0.1, 0.15) is 11.1 Å². The molecule has 0 aromatic heterocycles. The first kappa shape index (κ1) is 16.3. The van der Waals surface area contributed by atoms with E-state index in [9.17, 15) is 18.4 Å². The number of hydrogen-bond acceptors (Lipinski definition) is 5. The van der Waals surface area contributed by atoms with E-state index in [1.807, 2.05) is 32.0 Å². The minimum Gasteiger partial charge on any atom is -0.271 e. The molecule has 6 nitrogen and oxygen atoms in total. The fraction of sp³-hybridized carbons (Fsp3) is 0.222. The highest BCUT2D eigenvalue weighted by Gasteiger charge is 2.55. The number of imide groups is 1. The third-order valence-electron chi connectivity index (χ3n) is 4.54. The second-order valence-corrected chi connectivity index (χ2v) is 6.34. The first-order chi connectivity index (χ1) is 12.4. The third-order valence-corrected chi connectivity index (χ3v) is 4.54. The Morgan fingerprint density at radius 3 is 2.42 bits per heavy atom. The molecule has 132 valence electrons. The van der Waals surface area contributed by atoms with Crippen LogP contribution in [0.3, 0.4) is 0 Å². The van der Waals surface area contributed by atoms with Crippen LogP contribution in [0.5, 0.6) is 0 Å². The minimum atomic E-state index is -1.13. The number of rotatable bonds is 2. The number of nitrogens with zero attached hydrogens (tertiary/aromatic N) is 4. The van der Waals surface area contributed by atoms with Crippen LogP contribution in [-0.2, 0) is 9.59 Å². The number of halogens is 2. The van der Waals surface area contributed by atoms with Gasteiger partial charge in [-0.1, -0.05) is 22.9 Å². The summed E-state index contributed by atoms with van der Waals surface area (Å²) in [5.41, 5.74) is 2.58. The van der Waals surface area contributed by atoms with Gasteiger partial charge in [0.05, 0.1) is 11.4 Å². The van der Waals surface area contributed by atoms with E-state index in [4.69, 9.17) is 0 Å². The van der Waals surface area contributed by atoms with E-state index in [0.717, 1.165) is 28.2 Å². The summed E-state index contributed by atoms with van der Waals surface area (Å²) in [6.07, 6.45) is 0. The molecule has 4 rings (SSSR count). The van der Waals surface area contributed by atoms with Crippen LogP contribution in [0, 0.1) is 25.5 Å². The molecule has 2 aromatic carbocycles. The second kappa shape index (κ2) is 5.69. The molecule has 2 amide bonds. The Morgan fingerprint density at radius 1 is 0.962 bits per heavy atom. The van der Waals surface area contributed by atoms with Crippen molar-refractivity contribution < 1.29 is 18.4 Å². The Morgan fingerprint density at radius 2 is 1.73 bits per heavy atom.